The molecule has 0 radical (unpaired) electrons. The molecule has 1 aromatic heterocycles. The van der Waals surface area contributed by atoms with Crippen LogP contribution in [0.3, 0.4) is 0 Å². The Hall–Kier alpha value is -1.81. The number of nitrogen functional groups attached to an aromatic ring is 1. The maximum absolute atomic E-state index is 6.06. The zero-order valence-corrected chi connectivity index (χ0v) is 11.8. The summed E-state index contributed by atoms with van der Waals surface area (Å²) in [5, 5.41) is 3.64. The van der Waals surface area contributed by atoms with E-state index in [2.05, 4.69) is 41.3 Å². The van der Waals surface area contributed by atoms with Gasteiger partial charge in [-0.05, 0) is 31.4 Å². The van der Waals surface area contributed by atoms with Crippen molar-refractivity contribution in [2.24, 2.45) is 0 Å². The topological polar surface area (TPSA) is 63.8 Å². The van der Waals surface area contributed by atoms with Gasteiger partial charge in [-0.25, -0.2) is 9.97 Å². The van der Waals surface area contributed by atoms with Crippen molar-refractivity contribution < 1.29 is 0 Å². The first-order valence-corrected chi connectivity index (χ1v) is 6.52. The maximum atomic E-state index is 6.06. The summed E-state index contributed by atoms with van der Waals surface area (Å²) in [4.78, 5) is 7.95. The van der Waals surface area contributed by atoms with Crippen LogP contribution >= 0.6 is 11.6 Å². The number of nitrogens with zero attached hydrogens (tertiary/aromatic N) is 2. The number of rotatable bonds is 4. The Kier molecular flexibility index (Phi) is 4.22. The third-order valence-electron chi connectivity index (χ3n) is 2.99. The minimum atomic E-state index is 0.202. The molecule has 2 aromatic rings. The minimum absolute atomic E-state index is 0.202. The molecule has 1 unspecified atom stereocenters. The van der Waals surface area contributed by atoms with Crippen molar-refractivity contribution in [3.8, 4) is 0 Å². The summed E-state index contributed by atoms with van der Waals surface area (Å²) in [6.07, 6.45) is 2.30. The highest BCUT2D eigenvalue weighted by Crippen LogP contribution is 2.24. The lowest BCUT2D eigenvalue weighted by Gasteiger charge is -2.16. The summed E-state index contributed by atoms with van der Waals surface area (Å²) in [6.45, 7) is 4.19. The van der Waals surface area contributed by atoms with Crippen molar-refractivity contribution in [1.82, 2.24) is 9.97 Å². The monoisotopic (exact) mass is 276 g/mol. The van der Waals surface area contributed by atoms with E-state index in [0.717, 1.165) is 6.42 Å². The molecule has 5 heteroatoms. The fraction of sp³-hybridized carbons (Fsp3) is 0.286. The number of aryl methyl sites for hydroxylation is 1. The van der Waals surface area contributed by atoms with Gasteiger partial charge >= 0.3 is 0 Å². The SMILES string of the molecule is Cc1ccccc1CC(C)Nc1ncnc(N)c1Cl. The van der Waals surface area contributed by atoms with Crippen LogP contribution in [0.1, 0.15) is 18.1 Å². The molecule has 0 fully saturated rings. The zero-order chi connectivity index (χ0) is 13.8. The van der Waals surface area contributed by atoms with Gasteiger partial charge in [0.25, 0.3) is 0 Å². The summed E-state index contributed by atoms with van der Waals surface area (Å²) in [5.74, 6) is 0.873. The normalized spacial score (nSPS) is 12.2. The number of anilines is 2. The molecule has 1 heterocycles. The van der Waals surface area contributed by atoms with Gasteiger partial charge in [0.05, 0.1) is 0 Å². The molecule has 0 saturated carbocycles. The van der Waals surface area contributed by atoms with Gasteiger partial charge in [0.15, 0.2) is 5.82 Å². The van der Waals surface area contributed by atoms with Crippen molar-refractivity contribution in [3.63, 3.8) is 0 Å². The highest BCUT2D eigenvalue weighted by molar-refractivity contribution is 6.35. The lowest BCUT2D eigenvalue weighted by Crippen LogP contribution is -2.20. The first kappa shape index (κ1) is 13.6. The predicted octanol–water partition coefficient (Wildman–Crippen LogP) is 3.06. The molecule has 3 N–H and O–H groups in total. The Morgan fingerprint density at radius 3 is 2.79 bits per heavy atom. The van der Waals surface area contributed by atoms with Crippen LogP contribution in [0.5, 0.6) is 0 Å². The largest absolute Gasteiger partial charge is 0.382 e. The Labute approximate surface area is 118 Å². The van der Waals surface area contributed by atoms with E-state index in [4.69, 9.17) is 17.3 Å². The molecule has 0 saturated heterocycles. The summed E-state index contributed by atoms with van der Waals surface area (Å²) in [7, 11) is 0. The molecule has 100 valence electrons. The number of nitrogens with two attached hydrogens (primary N) is 1. The van der Waals surface area contributed by atoms with E-state index in [-0.39, 0.29) is 6.04 Å². The molecule has 0 amide bonds. The second-order valence-electron chi connectivity index (χ2n) is 4.60. The predicted molar refractivity (Wildman–Crippen MR) is 79.4 cm³/mol. The van der Waals surface area contributed by atoms with Gasteiger partial charge in [-0.1, -0.05) is 35.9 Å². The maximum Gasteiger partial charge on any atom is 0.150 e. The van der Waals surface area contributed by atoms with Crippen molar-refractivity contribution in [2.45, 2.75) is 26.3 Å². The number of halogens is 1. The molecule has 0 aliphatic rings. The number of hydrogen-bond acceptors (Lipinski definition) is 4. The average Bonchev–Trinajstić information content (AvgIpc) is 2.38. The second-order valence-corrected chi connectivity index (χ2v) is 4.98. The highest BCUT2D eigenvalue weighted by atomic mass is 35.5. The molecule has 2 rings (SSSR count). The Morgan fingerprint density at radius 2 is 2.05 bits per heavy atom. The smallest absolute Gasteiger partial charge is 0.150 e. The number of nitrogens with one attached hydrogen (secondary N) is 1. The van der Waals surface area contributed by atoms with Gasteiger partial charge < -0.3 is 11.1 Å². The Morgan fingerprint density at radius 1 is 1.32 bits per heavy atom. The average molecular weight is 277 g/mol. The van der Waals surface area contributed by atoms with E-state index in [1.165, 1.54) is 17.5 Å². The van der Waals surface area contributed by atoms with Gasteiger partial charge in [0.1, 0.15) is 17.2 Å². The lowest BCUT2D eigenvalue weighted by atomic mass is 10.0. The van der Waals surface area contributed by atoms with Gasteiger partial charge in [-0.3, -0.25) is 0 Å². The van der Waals surface area contributed by atoms with Crippen LogP contribution in [0.2, 0.25) is 5.02 Å². The summed E-state index contributed by atoms with van der Waals surface area (Å²) in [5.41, 5.74) is 8.24. The van der Waals surface area contributed by atoms with E-state index >= 15 is 0 Å². The molecule has 19 heavy (non-hydrogen) atoms. The first-order chi connectivity index (χ1) is 9.08. The van der Waals surface area contributed by atoms with Crippen molar-refractivity contribution >= 4 is 23.2 Å². The standard InChI is InChI=1S/C14H17ClN4/c1-9-5-3-4-6-11(9)7-10(2)19-14-12(15)13(16)17-8-18-14/h3-6,8,10H,7H2,1-2H3,(H3,16,17,18,19). The van der Waals surface area contributed by atoms with Gasteiger partial charge in [0, 0.05) is 6.04 Å². The summed E-state index contributed by atoms with van der Waals surface area (Å²) >= 11 is 6.06. The van der Waals surface area contributed by atoms with Crippen LogP contribution in [-0.2, 0) is 6.42 Å². The molecule has 4 nitrogen and oxygen atoms in total. The molecule has 0 aliphatic carbocycles. The fourth-order valence-corrected chi connectivity index (χ4v) is 2.09. The first-order valence-electron chi connectivity index (χ1n) is 6.15. The molecule has 1 aromatic carbocycles. The lowest BCUT2D eigenvalue weighted by molar-refractivity contribution is 0.780. The van der Waals surface area contributed by atoms with Crippen LogP contribution in [-0.4, -0.2) is 16.0 Å². The van der Waals surface area contributed by atoms with Crippen LogP contribution in [0.4, 0.5) is 11.6 Å². The molecule has 0 spiro atoms. The third-order valence-corrected chi connectivity index (χ3v) is 3.36. The number of aromatic nitrogens is 2. The van der Waals surface area contributed by atoms with Gasteiger partial charge in [-0.15, -0.1) is 0 Å². The van der Waals surface area contributed by atoms with Crippen molar-refractivity contribution in [3.05, 3.63) is 46.7 Å². The minimum Gasteiger partial charge on any atom is -0.382 e. The van der Waals surface area contributed by atoms with Crippen LogP contribution < -0.4 is 11.1 Å². The van der Waals surface area contributed by atoms with Crippen LogP contribution in [0.25, 0.3) is 0 Å². The molecular formula is C14H17ClN4. The molecular weight excluding hydrogens is 260 g/mol. The Bertz CT molecular complexity index is 571. The molecule has 0 bridgehead atoms. The van der Waals surface area contributed by atoms with E-state index in [0.29, 0.717) is 16.7 Å². The van der Waals surface area contributed by atoms with Crippen LogP contribution in [0.15, 0.2) is 30.6 Å². The fourth-order valence-electron chi connectivity index (χ4n) is 1.94. The van der Waals surface area contributed by atoms with E-state index in [1.54, 1.807) is 0 Å². The molecule has 0 aliphatic heterocycles. The zero-order valence-electron chi connectivity index (χ0n) is 11.0. The van der Waals surface area contributed by atoms with Gasteiger partial charge in [-0.2, -0.15) is 0 Å². The number of benzene rings is 1. The van der Waals surface area contributed by atoms with Gasteiger partial charge in [0.2, 0.25) is 0 Å². The van der Waals surface area contributed by atoms with Crippen LogP contribution in [0, 0.1) is 6.92 Å². The quantitative estimate of drug-likeness (QED) is 0.901. The van der Waals surface area contributed by atoms with E-state index < -0.39 is 0 Å². The third kappa shape index (κ3) is 3.35. The summed E-state index contributed by atoms with van der Waals surface area (Å²) in [6, 6.07) is 8.53. The second kappa shape index (κ2) is 5.89. The number of hydrogen-bond donors (Lipinski definition) is 2. The van der Waals surface area contributed by atoms with Crippen molar-refractivity contribution in [2.75, 3.05) is 11.1 Å². The highest BCUT2D eigenvalue weighted by Gasteiger charge is 2.10. The van der Waals surface area contributed by atoms with Crippen molar-refractivity contribution in [1.29, 1.82) is 0 Å². The Balaban J connectivity index is 2.08. The molecule has 1 atom stereocenters. The van der Waals surface area contributed by atoms with E-state index in [1.807, 2.05) is 12.1 Å². The van der Waals surface area contributed by atoms with E-state index in [9.17, 15) is 0 Å². The summed E-state index contributed by atoms with van der Waals surface area (Å²) < 4.78 is 0.